The van der Waals surface area contributed by atoms with Crippen LogP contribution in [0.3, 0.4) is 0 Å². The second kappa shape index (κ2) is 9.85. The molecule has 0 heterocycles. The first kappa shape index (κ1) is 16.9. The Hall–Kier alpha value is -0.141. The van der Waals surface area contributed by atoms with Crippen LogP contribution >= 0.6 is 0 Å². The van der Waals surface area contributed by atoms with Crippen LogP contribution in [0.15, 0.2) is 0 Å². The van der Waals surface area contributed by atoms with Crippen LogP contribution in [0.4, 0.5) is 0 Å². The summed E-state index contributed by atoms with van der Waals surface area (Å²) in [4.78, 5) is 21.6. The summed E-state index contributed by atoms with van der Waals surface area (Å²) in [6.45, 7) is 1.42. The summed E-state index contributed by atoms with van der Waals surface area (Å²) < 4.78 is 0. The first-order chi connectivity index (χ1) is 7.70. The normalized spacial score (nSPS) is 19.1. The molecule has 0 saturated heterocycles. The molecule has 2 fully saturated rings. The van der Waals surface area contributed by atoms with Crippen molar-refractivity contribution in [1.82, 2.24) is 0 Å². The monoisotopic (exact) mass is 270 g/mol. The van der Waals surface area contributed by atoms with Gasteiger partial charge in [0.05, 0.1) is 6.42 Å². The molecular weight excluding hydrogens is 256 g/mol. The summed E-state index contributed by atoms with van der Waals surface area (Å²) in [6, 6.07) is 0. The fourth-order valence-corrected chi connectivity index (χ4v) is 1.21. The van der Waals surface area contributed by atoms with Gasteiger partial charge in [-0.05, 0) is 64.7 Å². The Bertz CT molecular complexity index is 221. The van der Waals surface area contributed by atoms with Gasteiger partial charge in [0.2, 0.25) is 0 Å². The van der Waals surface area contributed by atoms with Crippen LogP contribution in [-0.4, -0.2) is 11.6 Å². The molecule has 2 aliphatic carbocycles. The van der Waals surface area contributed by atoms with Gasteiger partial charge in [-0.2, -0.15) is 0 Å². The van der Waals surface area contributed by atoms with Gasteiger partial charge in [0.15, 0.2) is 0 Å². The summed E-state index contributed by atoms with van der Waals surface area (Å²) in [5.41, 5.74) is 0. The van der Waals surface area contributed by atoms with E-state index in [2.05, 4.69) is 0 Å². The fourth-order valence-electron chi connectivity index (χ4n) is 1.21. The third-order valence-electron chi connectivity index (χ3n) is 1.95. The molecule has 0 aliphatic heterocycles. The summed E-state index contributed by atoms with van der Waals surface area (Å²) in [7, 11) is 0. The Morgan fingerprint density at radius 1 is 0.882 bits per heavy atom. The Kier molecular flexibility index (Phi) is 9.76. The first-order valence-corrected chi connectivity index (χ1v) is 5.11. The Morgan fingerprint density at radius 2 is 1.29 bits per heavy atom. The van der Waals surface area contributed by atoms with Gasteiger partial charge >= 0.3 is 0 Å². The number of hydrogen-bond acceptors (Lipinski definition) is 2. The molecule has 17 heavy (non-hydrogen) atoms. The van der Waals surface area contributed by atoms with Crippen molar-refractivity contribution < 1.29 is 26.7 Å². The average Bonchev–Trinajstić information content (AvgIpc) is 2.94. The number of hydrogen-bond donors (Lipinski definition) is 0. The smallest absolute Gasteiger partial charge is 0.147 e. The maximum Gasteiger partial charge on any atom is 0.147 e. The summed E-state index contributed by atoms with van der Waals surface area (Å²) >= 11 is 0. The van der Waals surface area contributed by atoms with Crippen LogP contribution in [-0.2, 0) is 26.7 Å². The third-order valence-corrected chi connectivity index (χ3v) is 1.95. The van der Waals surface area contributed by atoms with Gasteiger partial charge < -0.3 is 0 Å². The van der Waals surface area contributed by atoms with Crippen molar-refractivity contribution in [3.63, 3.8) is 0 Å². The minimum atomic E-state index is -0.0949. The van der Waals surface area contributed by atoms with E-state index < -0.39 is 0 Å². The number of carbonyl (C=O) groups is 2. The molecule has 0 aromatic heterocycles. The number of ketones is 2. The van der Waals surface area contributed by atoms with E-state index in [0.29, 0.717) is 5.92 Å². The van der Waals surface area contributed by atoms with E-state index in [0.717, 1.165) is 0 Å². The zero-order valence-corrected chi connectivity index (χ0v) is 10.7. The molecule has 0 unspecified atom stereocenters. The van der Waals surface area contributed by atoms with Crippen LogP contribution in [0.5, 0.6) is 0 Å². The molecule has 2 saturated carbocycles. The molecule has 10 radical (unpaired) electrons. The molecule has 2 rings (SSSR count). The van der Waals surface area contributed by atoms with E-state index in [-0.39, 0.29) is 35.1 Å². The van der Waals surface area contributed by atoms with E-state index in [1.165, 1.54) is 6.92 Å². The fraction of sp³-hybridized carbons (Fsp3) is 0.143. The van der Waals surface area contributed by atoms with E-state index in [4.69, 9.17) is 0 Å². The summed E-state index contributed by atoms with van der Waals surface area (Å²) in [5.74, 6) is 0.443. The minimum absolute atomic E-state index is 0. The largest absolute Gasteiger partial charge is 0.300 e. The maximum absolute atomic E-state index is 11.1. The summed E-state index contributed by atoms with van der Waals surface area (Å²) in [6.07, 6.45) is 17.0. The first-order valence-electron chi connectivity index (χ1n) is 5.11. The second-order valence-electron chi connectivity index (χ2n) is 3.44. The molecule has 90 valence electrons. The van der Waals surface area contributed by atoms with E-state index in [9.17, 15) is 9.59 Å². The maximum atomic E-state index is 11.1. The molecule has 0 N–H and O–H groups in total. The molecule has 0 spiro atoms. The van der Waals surface area contributed by atoms with Gasteiger partial charge in [-0.1, -0.05) is 0 Å². The van der Waals surface area contributed by atoms with Crippen molar-refractivity contribution in [2.24, 2.45) is 0 Å². The second-order valence-corrected chi connectivity index (χ2v) is 3.44. The van der Waals surface area contributed by atoms with Crippen LogP contribution in [0, 0.1) is 63.7 Å². The van der Waals surface area contributed by atoms with Crippen LogP contribution in [0.1, 0.15) is 13.3 Å². The zero-order valence-electron chi connectivity index (χ0n) is 9.57. The van der Waals surface area contributed by atoms with Gasteiger partial charge in [0.25, 0.3) is 0 Å². The van der Waals surface area contributed by atoms with Gasteiger partial charge in [0, 0.05) is 23.0 Å². The molecular formula is C14H14FeO2. The van der Waals surface area contributed by atoms with Crippen LogP contribution in [0.2, 0.25) is 0 Å². The van der Waals surface area contributed by atoms with Crippen LogP contribution in [0.25, 0.3) is 0 Å². The van der Waals surface area contributed by atoms with Crippen molar-refractivity contribution in [3.05, 3.63) is 63.7 Å². The molecule has 2 aliphatic rings. The third kappa shape index (κ3) is 7.72. The SMILES string of the molecule is CC(=O)CC(=O)[C]1[CH][CH][CH][CH]1.[CH]1[CH][CH][CH][CH]1.[Fe]. The quantitative estimate of drug-likeness (QED) is 0.580. The average molecular weight is 270 g/mol. The van der Waals surface area contributed by atoms with Gasteiger partial charge in [-0.25, -0.2) is 0 Å². The number of carbonyl (C=O) groups excluding carboxylic acids is 2. The van der Waals surface area contributed by atoms with Crippen LogP contribution < -0.4 is 0 Å². The van der Waals surface area contributed by atoms with Crippen molar-refractivity contribution in [1.29, 1.82) is 0 Å². The number of rotatable bonds is 3. The Balaban J connectivity index is 0.000000360. The topological polar surface area (TPSA) is 34.1 Å². The van der Waals surface area contributed by atoms with Gasteiger partial charge in [0.1, 0.15) is 11.6 Å². The zero-order chi connectivity index (χ0) is 11.8. The minimum Gasteiger partial charge on any atom is -0.300 e. The predicted octanol–water partition coefficient (Wildman–Crippen LogP) is 1.96. The molecule has 0 aromatic rings. The standard InChI is InChI=1S/C9H9O2.C5H5.Fe/c1-7(10)6-9(11)8-4-2-3-5-8;1-2-4-5-3-1;/h2-5H,6H2,1H3;1-5H;. The van der Waals surface area contributed by atoms with Crippen molar-refractivity contribution in [2.75, 3.05) is 0 Å². The van der Waals surface area contributed by atoms with Crippen molar-refractivity contribution in [3.8, 4) is 0 Å². The molecule has 0 atom stereocenters. The molecule has 0 bridgehead atoms. The number of Topliss-reactive ketones (excluding diaryl/α,β-unsaturated/α-hetero) is 2. The summed E-state index contributed by atoms with van der Waals surface area (Å²) in [5, 5.41) is 0. The van der Waals surface area contributed by atoms with Crippen molar-refractivity contribution >= 4 is 11.6 Å². The van der Waals surface area contributed by atoms with Gasteiger partial charge in [-0.3, -0.25) is 9.59 Å². The predicted molar refractivity (Wildman–Crippen MR) is 62.2 cm³/mol. The molecule has 0 amide bonds. The molecule has 3 heteroatoms. The van der Waals surface area contributed by atoms with E-state index in [1.54, 1.807) is 25.7 Å². The van der Waals surface area contributed by atoms with Gasteiger partial charge in [-0.15, -0.1) is 0 Å². The van der Waals surface area contributed by atoms with E-state index in [1.807, 2.05) is 32.1 Å². The van der Waals surface area contributed by atoms with E-state index >= 15 is 0 Å². The Morgan fingerprint density at radius 3 is 1.65 bits per heavy atom. The molecule has 2 nitrogen and oxygen atoms in total. The Labute approximate surface area is 115 Å². The van der Waals surface area contributed by atoms with Crippen molar-refractivity contribution in [2.45, 2.75) is 13.3 Å². The molecule has 0 aromatic carbocycles.